The van der Waals surface area contributed by atoms with Crippen molar-refractivity contribution in [1.29, 1.82) is 0 Å². The van der Waals surface area contributed by atoms with Crippen LogP contribution in [0.25, 0.3) is 0 Å². The van der Waals surface area contributed by atoms with Crippen LogP contribution in [-0.4, -0.2) is 39.6 Å². The molecular weight excluding hydrogens is 1030 g/mol. The Bertz CT molecular complexity index is 3420. The van der Waals surface area contributed by atoms with Gasteiger partial charge in [-0.05, 0) is 124 Å². The van der Waals surface area contributed by atoms with Crippen LogP contribution in [0.5, 0.6) is 34.5 Å². The maximum atomic E-state index is 11.8. The van der Waals surface area contributed by atoms with Crippen LogP contribution in [0.2, 0.25) is 0 Å². The lowest BCUT2D eigenvalue weighted by Gasteiger charge is -2.15. The number of aliphatic hydroxyl groups is 1. The van der Waals surface area contributed by atoms with E-state index in [2.05, 4.69) is 0 Å². The number of nitrogens with zero attached hydrogens (tertiary/aromatic N) is 7. The number of ether oxygens (including phenoxy) is 6. The Kier molecular flexibility index (Phi) is 17.2. The molecule has 28 heteroatoms. The van der Waals surface area contributed by atoms with Crippen LogP contribution < -0.4 is 28.4 Å². The molecule has 0 spiro atoms. The maximum Gasteiger partial charge on any atom is 0.317 e. The van der Waals surface area contributed by atoms with Gasteiger partial charge in [0.1, 0.15) is 51.1 Å². The molecule has 0 aliphatic heterocycles. The summed E-state index contributed by atoms with van der Waals surface area (Å²) in [4.78, 5) is 75.7. The zero-order chi connectivity index (χ0) is 56.2. The van der Waals surface area contributed by atoms with E-state index in [4.69, 9.17) is 28.4 Å². The zero-order valence-electron chi connectivity index (χ0n) is 40.3. The average Bonchev–Trinajstić information content (AvgIpc) is 3.43. The Morgan fingerprint density at radius 3 is 0.859 bits per heavy atom. The normalized spacial score (nSPS) is 10.7. The number of nitro benzene ring substituents is 7. The summed E-state index contributed by atoms with van der Waals surface area (Å²) >= 11 is 0. The van der Waals surface area contributed by atoms with Gasteiger partial charge in [0.05, 0.1) is 59.3 Å². The van der Waals surface area contributed by atoms with Crippen LogP contribution in [0.3, 0.4) is 0 Å². The van der Waals surface area contributed by atoms with Crippen LogP contribution >= 0.6 is 0 Å². The predicted octanol–water partition coefficient (Wildman–Crippen LogP) is 10.3. The highest BCUT2D eigenvalue weighted by molar-refractivity contribution is 5.56. The number of aryl methyl sites for hydroxylation is 1. The number of hydrogen-bond donors (Lipinski definition) is 1. The largest absolute Gasteiger partial charge is 0.489 e. The second kappa shape index (κ2) is 24.4. The lowest BCUT2D eigenvalue weighted by molar-refractivity contribution is -0.395. The van der Waals surface area contributed by atoms with Crippen molar-refractivity contribution in [3.05, 3.63) is 243 Å². The van der Waals surface area contributed by atoms with Crippen molar-refractivity contribution in [2.24, 2.45) is 0 Å². The van der Waals surface area contributed by atoms with Crippen molar-refractivity contribution < 1.29 is 68.0 Å². The van der Waals surface area contributed by atoms with Gasteiger partial charge >= 0.3 is 22.7 Å². The molecule has 0 unspecified atom stereocenters. The van der Waals surface area contributed by atoms with Gasteiger partial charge < -0.3 is 33.5 Å². The third-order valence-corrected chi connectivity index (χ3v) is 11.1. The number of benzene rings is 7. The molecule has 0 aromatic heterocycles. The highest BCUT2D eigenvalue weighted by Gasteiger charge is 2.24. The lowest BCUT2D eigenvalue weighted by atomic mass is 10.1. The molecule has 0 fully saturated rings. The maximum absolute atomic E-state index is 11.8. The molecule has 0 saturated heterocycles. The fourth-order valence-electron chi connectivity index (χ4n) is 7.59. The van der Waals surface area contributed by atoms with Crippen LogP contribution in [0, 0.1) is 77.7 Å². The Morgan fingerprint density at radius 1 is 0.321 bits per heavy atom. The second-order valence-corrected chi connectivity index (χ2v) is 16.7. The molecule has 0 aliphatic rings. The minimum Gasteiger partial charge on any atom is -0.489 e. The van der Waals surface area contributed by atoms with Crippen LogP contribution in [0.4, 0.5) is 39.8 Å². The van der Waals surface area contributed by atoms with E-state index < -0.39 is 75.2 Å². The van der Waals surface area contributed by atoms with Crippen LogP contribution in [0.1, 0.15) is 44.5 Å². The molecule has 0 bridgehead atoms. The molecule has 28 nitrogen and oxygen atoms in total. The van der Waals surface area contributed by atoms with Gasteiger partial charge in [-0.2, -0.15) is 0 Å². The molecule has 0 radical (unpaired) electrons. The summed E-state index contributed by atoms with van der Waals surface area (Å²) in [6, 6.07) is 27.2. The molecule has 7 rings (SSSR count). The van der Waals surface area contributed by atoms with Crippen molar-refractivity contribution >= 4 is 39.8 Å². The topological polar surface area (TPSA) is 378 Å². The van der Waals surface area contributed by atoms with Crippen molar-refractivity contribution in [3.63, 3.8) is 0 Å². The van der Waals surface area contributed by atoms with E-state index >= 15 is 0 Å². The summed E-state index contributed by atoms with van der Waals surface area (Å²) < 4.78 is 35.5. The Hall–Kier alpha value is -10.9. The fourth-order valence-corrected chi connectivity index (χ4v) is 7.59. The highest BCUT2D eigenvalue weighted by atomic mass is 16.7. The van der Waals surface area contributed by atoms with Crippen molar-refractivity contribution in [3.8, 4) is 34.5 Å². The highest BCUT2D eigenvalue weighted by Crippen LogP contribution is 2.36. The van der Waals surface area contributed by atoms with E-state index in [-0.39, 0.29) is 79.8 Å². The third kappa shape index (κ3) is 14.2. The van der Waals surface area contributed by atoms with E-state index in [1.807, 2.05) is 0 Å². The predicted molar refractivity (Wildman–Crippen MR) is 268 cm³/mol. The van der Waals surface area contributed by atoms with Gasteiger partial charge in [-0.1, -0.05) is 6.07 Å². The smallest absolute Gasteiger partial charge is 0.317 e. The van der Waals surface area contributed by atoms with Crippen molar-refractivity contribution in [2.75, 3.05) is 0 Å². The first-order valence-electron chi connectivity index (χ1n) is 22.5. The molecule has 0 atom stereocenters. The number of rotatable bonds is 26. The van der Waals surface area contributed by atoms with E-state index in [9.17, 15) is 75.9 Å². The van der Waals surface area contributed by atoms with Crippen molar-refractivity contribution in [1.82, 2.24) is 0 Å². The standard InChI is InChI=1S/C50H39N7O21/c1-30-2-6-47(43(10-30)54(65)66)75-26-34-11-32(12-35(15-34)27-76-48-7-3-38(51(59)60)19-44(48)55(67)68)24-73-41-17-31(23-58)18-42(22-41)74-25-33-13-36(28-77-49-8-4-39(52(61)62)20-45(49)56(69)70)16-37(14-33)29-78-50-9-5-40(53(63)64)21-46(50)57(71)72/h2-22,58H,23-29H2,1H3. The minimum absolute atomic E-state index is 0.0217. The monoisotopic (exact) mass is 1070 g/mol. The number of aliphatic hydroxyl groups excluding tert-OH is 1. The van der Waals surface area contributed by atoms with Gasteiger partial charge in [0.25, 0.3) is 17.1 Å². The SMILES string of the molecule is Cc1ccc(OCc2cc(COc3cc(CO)cc(OCc4cc(COc5ccc([N+](=O)[O-])cc5[N+](=O)[O-])cc(COc5ccc([N+](=O)[O-])cc5[N+](=O)[O-])c4)c3)cc(COc3ccc([N+](=O)[O-])cc3[N+](=O)[O-])c2)c([N+](=O)[O-])c1. The zero-order valence-corrected chi connectivity index (χ0v) is 40.3. The molecule has 0 aliphatic carbocycles. The Balaban J connectivity index is 1.14. The summed E-state index contributed by atoms with van der Waals surface area (Å²) in [5.74, 6) is -0.511. The Labute approximate surface area is 437 Å². The summed E-state index contributed by atoms with van der Waals surface area (Å²) in [7, 11) is 0. The van der Waals surface area contributed by atoms with Gasteiger partial charge in [0, 0.05) is 30.3 Å². The van der Waals surface area contributed by atoms with E-state index in [1.165, 1.54) is 30.3 Å². The second-order valence-electron chi connectivity index (χ2n) is 16.7. The lowest BCUT2D eigenvalue weighted by Crippen LogP contribution is -2.06. The molecule has 7 aromatic carbocycles. The molecular formula is C50H39N7O21. The van der Waals surface area contributed by atoms with Gasteiger partial charge in [0.15, 0.2) is 23.0 Å². The first-order valence-corrected chi connectivity index (χ1v) is 22.5. The van der Waals surface area contributed by atoms with Gasteiger partial charge in [0.2, 0.25) is 0 Å². The first-order chi connectivity index (χ1) is 37.2. The molecule has 7 aromatic rings. The minimum atomic E-state index is -0.852. The average molecular weight is 1070 g/mol. The van der Waals surface area contributed by atoms with E-state index in [0.717, 1.165) is 54.6 Å². The van der Waals surface area contributed by atoms with E-state index in [0.29, 0.717) is 44.5 Å². The summed E-state index contributed by atoms with van der Waals surface area (Å²) in [5, 5.41) is 91.5. The summed E-state index contributed by atoms with van der Waals surface area (Å²) in [6.07, 6.45) is 0. The summed E-state index contributed by atoms with van der Waals surface area (Å²) in [6.45, 7) is -0.354. The quantitative estimate of drug-likeness (QED) is 0.0389. The van der Waals surface area contributed by atoms with Gasteiger partial charge in [-0.15, -0.1) is 0 Å². The third-order valence-electron chi connectivity index (χ3n) is 11.1. The van der Waals surface area contributed by atoms with Gasteiger partial charge in [-0.25, -0.2) is 0 Å². The first kappa shape index (κ1) is 54.9. The number of non-ortho nitro benzene ring substituents is 3. The molecule has 0 amide bonds. The molecule has 0 heterocycles. The summed E-state index contributed by atoms with van der Waals surface area (Å²) in [5.41, 5.74) is -0.464. The Morgan fingerprint density at radius 2 is 0.590 bits per heavy atom. The number of nitro groups is 7. The van der Waals surface area contributed by atoms with Gasteiger partial charge in [-0.3, -0.25) is 70.8 Å². The van der Waals surface area contributed by atoms with Crippen LogP contribution in [0.15, 0.2) is 127 Å². The molecule has 400 valence electrons. The van der Waals surface area contributed by atoms with Crippen LogP contribution in [-0.2, 0) is 46.2 Å². The molecule has 1 N–H and O–H groups in total. The molecule has 0 saturated carbocycles. The molecule has 78 heavy (non-hydrogen) atoms. The van der Waals surface area contributed by atoms with Crippen molar-refractivity contribution in [2.45, 2.75) is 53.2 Å². The fraction of sp³-hybridized carbons (Fsp3) is 0.160. The van der Waals surface area contributed by atoms with E-state index in [1.54, 1.807) is 49.4 Å². The number of hydrogen-bond acceptors (Lipinski definition) is 21.